The summed E-state index contributed by atoms with van der Waals surface area (Å²) in [6.45, 7) is 19.7. The van der Waals surface area contributed by atoms with Crippen molar-refractivity contribution in [2.45, 2.75) is 86.9 Å². The van der Waals surface area contributed by atoms with Crippen LogP contribution in [-0.2, 0) is 4.74 Å². The number of hydrogen-bond acceptors (Lipinski definition) is 6. The number of hydrogen-bond donors (Lipinski definition) is 1. The minimum atomic E-state index is -0.992. The van der Waals surface area contributed by atoms with Crippen molar-refractivity contribution in [1.29, 1.82) is 0 Å². The zero-order chi connectivity index (χ0) is 26.9. The van der Waals surface area contributed by atoms with Crippen LogP contribution in [0.2, 0.25) is 0 Å². The lowest BCUT2D eigenvalue weighted by Crippen LogP contribution is -2.33. The van der Waals surface area contributed by atoms with Crippen LogP contribution < -0.4 is 4.74 Å². The molecule has 0 aliphatic heterocycles. The molecule has 2 aromatic heterocycles. The van der Waals surface area contributed by atoms with Crippen LogP contribution in [0.25, 0.3) is 11.0 Å². The fourth-order valence-corrected chi connectivity index (χ4v) is 1.98. The molecule has 0 aliphatic rings. The first-order chi connectivity index (χ1) is 15.9. The van der Waals surface area contributed by atoms with Gasteiger partial charge in [-0.25, -0.2) is 9.78 Å². The van der Waals surface area contributed by atoms with Gasteiger partial charge in [-0.1, -0.05) is 46.5 Å². The Morgan fingerprint density at radius 1 is 1.09 bits per heavy atom. The van der Waals surface area contributed by atoms with Crippen molar-refractivity contribution in [1.82, 2.24) is 14.9 Å². The molecule has 1 amide bonds. The van der Waals surface area contributed by atoms with Crippen LogP contribution in [0.4, 0.5) is 4.79 Å². The van der Waals surface area contributed by atoms with E-state index in [4.69, 9.17) is 9.47 Å². The van der Waals surface area contributed by atoms with Gasteiger partial charge in [0.15, 0.2) is 0 Å². The predicted octanol–water partition coefficient (Wildman–Crippen LogP) is 6.08. The molecule has 1 atom stereocenters. The van der Waals surface area contributed by atoms with E-state index >= 15 is 0 Å². The van der Waals surface area contributed by atoms with Gasteiger partial charge in [0, 0.05) is 25.9 Å². The maximum Gasteiger partial charge on any atom is 0.410 e. The third-order valence-electron chi connectivity index (χ3n) is 4.10. The summed E-state index contributed by atoms with van der Waals surface area (Å²) >= 11 is 0. The minimum absolute atomic E-state index is 0.264. The molecular weight excluding hydrogens is 430 g/mol. The SMILES string of the molecule is CC.CC.CCC(C)(O)C#Cc1ccnc2ccc(OC)nc12.CCN(C)C(=O)OC(C)(C)C. The fourth-order valence-electron chi connectivity index (χ4n) is 1.98. The molecule has 0 bridgehead atoms. The Kier molecular flexibility index (Phi) is 16.4. The molecule has 7 heteroatoms. The summed E-state index contributed by atoms with van der Waals surface area (Å²) in [6.07, 6.45) is 1.99. The number of aliphatic hydroxyl groups is 1. The zero-order valence-corrected chi connectivity index (χ0v) is 23.2. The summed E-state index contributed by atoms with van der Waals surface area (Å²) in [7, 11) is 3.28. The topological polar surface area (TPSA) is 84.8 Å². The summed E-state index contributed by atoms with van der Waals surface area (Å²) in [6, 6.07) is 5.38. The Balaban J connectivity index is 0. The van der Waals surface area contributed by atoms with Gasteiger partial charge in [-0.05, 0) is 53.2 Å². The highest BCUT2D eigenvalue weighted by Gasteiger charge is 2.18. The number of pyridine rings is 2. The average Bonchev–Trinajstić information content (AvgIpc) is 2.83. The molecule has 1 N–H and O–H groups in total. The number of aromatic nitrogens is 2. The van der Waals surface area contributed by atoms with E-state index in [9.17, 15) is 9.90 Å². The summed E-state index contributed by atoms with van der Waals surface area (Å²) in [5, 5.41) is 9.92. The molecule has 192 valence electrons. The largest absolute Gasteiger partial charge is 0.481 e. The standard InChI is InChI=1S/C15H16N2O2.C8H17NO2.2C2H6/c1-4-15(2,18)9-7-11-8-10-16-12-5-6-13(19-3)17-14(11)12;1-6-9(5)7(10)11-8(2,3)4;2*1-2/h5-6,8,10,18H,4H2,1-3H3;6H2,1-5H3;2*1-2H3. The molecule has 0 fully saturated rings. The number of rotatable bonds is 3. The van der Waals surface area contributed by atoms with Crippen LogP contribution in [0.1, 0.15) is 81.2 Å². The fraction of sp³-hybridized carbons (Fsp3) is 0.593. The molecule has 2 aromatic rings. The number of fused-ring (bicyclic) bond motifs is 1. The maximum atomic E-state index is 11.1. The highest BCUT2D eigenvalue weighted by atomic mass is 16.6. The molecule has 7 nitrogen and oxygen atoms in total. The van der Waals surface area contributed by atoms with Gasteiger partial charge in [0.1, 0.15) is 16.7 Å². The zero-order valence-electron chi connectivity index (χ0n) is 23.2. The number of amides is 1. The first-order valence-electron chi connectivity index (χ1n) is 11.9. The Bertz CT molecular complexity index is 909. The molecule has 1 unspecified atom stereocenters. The molecule has 2 heterocycles. The molecule has 0 saturated heterocycles. The van der Waals surface area contributed by atoms with E-state index in [-0.39, 0.29) is 11.7 Å². The van der Waals surface area contributed by atoms with Gasteiger partial charge >= 0.3 is 6.09 Å². The first-order valence-corrected chi connectivity index (χ1v) is 11.9. The quantitative estimate of drug-likeness (QED) is 0.542. The van der Waals surface area contributed by atoms with Gasteiger partial charge < -0.3 is 19.5 Å². The highest BCUT2D eigenvalue weighted by Crippen LogP contribution is 2.18. The second-order valence-electron chi connectivity index (χ2n) is 7.95. The van der Waals surface area contributed by atoms with Crippen molar-refractivity contribution >= 4 is 17.1 Å². The number of ether oxygens (including phenoxy) is 2. The third kappa shape index (κ3) is 13.0. The van der Waals surface area contributed by atoms with Crippen molar-refractivity contribution < 1.29 is 19.4 Å². The number of carbonyl (C=O) groups is 1. The van der Waals surface area contributed by atoms with Crippen molar-refractivity contribution in [3.8, 4) is 17.7 Å². The Morgan fingerprint density at radius 3 is 2.15 bits per heavy atom. The molecule has 2 rings (SSSR count). The summed E-state index contributed by atoms with van der Waals surface area (Å²) in [4.78, 5) is 21.2. The lowest BCUT2D eigenvalue weighted by molar-refractivity contribution is 0.0308. The minimum Gasteiger partial charge on any atom is -0.481 e. The predicted molar refractivity (Wildman–Crippen MR) is 141 cm³/mol. The molecular formula is C27H45N3O4. The molecule has 0 spiro atoms. The molecule has 34 heavy (non-hydrogen) atoms. The average molecular weight is 476 g/mol. The van der Waals surface area contributed by atoms with E-state index in [1.165, 1.54) is 4.90 Å². The van der Waals surface area contributed by atoms with Crippen LogP contribution in [-0.4, -0.2) is 58.0 Å². The van der Waals surface area contributed by atoms with Crippen molar-refractivity contribution in [3.63, 3.8) is 0 Å². The van der Waals surface area contributed by atoms with E-state index in [0.717, 1.165) is 11.1 Å². The van der Waals surface area contributed by atoms with E-state index < -0.39 is 5.60 Å². The number of nitrogens with zero attached hydrogens (tertiary/aromatic N) is 3. The van der Waals surface area contributed by atoms with Crippen molar-refractivity contribution in [3.05, 3.63) is 30.0 Å². The van der Waals surface area contributed by atoms with Crippen LogP contribution in [0.5, 0.6) is 5.88 Å². The Morgan fingerprint density at radius 2 is 1.68 bits per heavy atom. The van der Waals surface area contributed by atoms with Gasteiger partial charge in [-0.2, -0.15) is 0 Å². The van der Waals surface area contributed by atoms with E-state index in [2.05, 4.69) is 21.8 Å². The number of methoxy groups -OCH3 is 1. The van der Waals surface area contributed by atoms with E-state index in [1.54, 1.807) is 39.4 Å². The van der Waals surface area contributed by atoms with Crippen LogP contribution in [0.3, 0.4) is 0 Å². The Labute approximate surface area is 206 Å². The normalized spacial score (nSPS) is 11.4. The van der Waals surface area contributed by atoms with Crippen molar-refractivity contribution in [2.24, 2.45) is 0 Å². The van der Waals surface area contributed by atoms with Crippen LogP contribution in [0.15, 0.2) is 24.4 Å². The lowest BCUT2D eigenvalue weighted by atomic mass is 10.0. The summed E-state index contributed by atoms with van der Waals surface area (Å²) < 4.78 is 10.2. The third-order valence-corrected chi connectivity index (χ3v) is 4.10. The lowest BCUT2D eigenvalue weighted by Gasteiger charge is -2.23. The molecule has 0 saturated carbocycles. The Hall–Kier alpha value is -2.85. The van der Waals surface area contributed by atoms with Crippen LogP contribution >= 0.6 is 0 Å². The number of carbonyl (C=O) groups excluding carboxylic acids is 1. The monoisotopic (exact) mass is 475 g/mol. The molecule has 0 radical (unpaired) electrons. The smallest absolute Gasteiger partial charge is 0.410 e. The van der Waals surface area contributed by atoms with Gasteiger partial charge in [-0.3, -0.25) is 4.98 Å². The highest BCUT2D eigenvalue weighted by molar-refractivity contribution is 5.81. The van der Waals surface area contributed by atoms with Gasteiger partial charge in [0.05, 0.1) is 18.2 Å². The van der Waals surface area contributed by atoms with Gasteiger partial charge in [0.25, 0.3) is 0 Å². The summed E-state index contributed by atoms with van der Waals surface area (Å²) in [5.74, 6) is 6.34. The van der Waals surface area contributed by atoms with E-state index in [1.807, 2.05) is 68.4 Å². The maximum absolute atomic E-state index is 11.1. The van der Waals surface area contributed by atoms with E-state index in [0.29, 0.717) is 24.4 Å². The second kappa shape index (κ2) is 16.7. The van der Waals surface area contributed by atoms with Gasteiger partial charge in [0.2, 0.25) is 5.88 Å². The molecule has 0 aromatic carbocycles. The van der Waals surface area contributed by atoms with Crippen molar-refractivity contribution in [2.75, 3.05) is 20.7 Å². The van der Waals surface area contributed by atoms with Gasteiger partial charge in [-0.15, -0.1) is 0 Å². The first kappa shape index (κ1) is 33.3. The summed E-state index contributed by atoms with van der Waals surface area (Å²) in [5.41, 5.74) is 0.789. The molecule has 0 aliphatic carbocycles. The second-order valence-corrected chi connectivity index (χ2v) is 7.95. The van der Waals surface area contributed by atoms with Crippen LogP contribution in [0, 0.1) is 11.8 Å².